The Morgan fingerprint density at radius 3 is 2.19 bits per heavy atom. The number of carbonyl (C=O) groups is 2. The van der Waals surface area contributed by atoms with E-state index in [1.165, 1.54) is 34.1 Å². The van der Waals surface area contributed by atoms with E-state index >= 15 is 0 Å². The van der Waals surface area contributed by atoms with Crippen molar-refractivity contribution in [3.63, 3.8) is 0 Å². The van der Waals surface area contributed by atoms with Crippen LogP contribution in [-0.2, 0) is 26.0 Å². The number of sulfonamides is 1. The van der Waals surface area contributed by atoms with Gasteiger partial charge >= 0.3 is 5.97 Å². The number of esters is 1. The van der Waals surface area contributed by atoms with E-state index in [0.29, 0.717) is 13.1 Å². The molecule has 8 heteroatoms. The monoisotopic (exact) mass is 446 g/mol. The molecule has 2 aromatic carbocycles. The molecular weight excluding hydrogens is 416 g/mol. The maximum Gasteiger partial charge on any atom is 0.338 e. The summed E-state index contributed by atoms with van der Waals surface area (Å²) < 4.78 is 31.4. The molecule has 31 heavy (non-hydrogen) atoms. The fourth-order valence-corrected chi connectivity index (χ4v) is 4.56. The average molecular weight is 447 g/mol. The zero-order valence-electron chi connectivity index (χ0n) is 18.2. The fraction of sp³-hybridized carbons (Fsp3) is 0.391. The molecule has 0 heterocycles. The van der Waals surface area contributed by atoms with Gasteiger partial charge in [0.2, 0.25) is 10.0 Å². The number of carbonyl (C=O) groups excluding carboxylic acids is 2. The number of rotatable bonds is 11. The minimum absolute atomic E-state index is 0.0593. The van der Waals surface area contributed by atoms with Crippen LogP contribution in [0.2, 0.25) is 0 Å². The Bertz CT molecular complexity index is 955. The lowest BCUT2D eigenvalue weighted by atomic mass is 10.1. The van der Waals surface area contributed by atoms with E-state index in [1.807, 2.05) is 37.3 Å². The normalized spacial score (nSPS) is 12.4. The van der Waals surface area contributed by atoms with Gasteiger partial charge in [0.05, 0.1) is 10.5 Å². The van der Waals surface area contributed by atoms with Crippen LogP contribution in [0.1, 0.15) is 43.1 Å². The van der Waals surface area contributed by atoms with E-state index in [0.717, 1.165) is 12.8 Å². The van der Waals surface area contributed by atoms with E-state index in [-0.39, 0.29) is 22.4 Å². The van der Waals surface area contributed by atoms with E-state index in [1.54, 1.807) is 13.8 Å². The Balaban J connectivity index is 1.83. The van der Waals surface area contributed by atoms with Crippen LogP contribution in [0, 0.1) is 0 Å². The van der Waals surface area contributed by atoms with Crippen molar-refractivity contribution in [3.05, 3.63) is 65.7 Å². The van der Waals surface area contributed by atoms with Crippen LogP contribution in [0.3, 0.4) is 0 Å². The van der Waals surface area contributed by atoms with Crippen LogP contribution in [0.25, 0.3) is 0 Å². The molecule has 0 aliphatic heterocycles. The first-order valence-corrected chi connectivity index (χ1v) is 11.8. The third-order valence-corrected chi connectivity index (χ3v) is 6.95. The molecule has 0 saturated carbocycles. The number of nitrogens with one attached hydrogen (secondary N) is 1. The molecule has 1 atom stereocenters. The van der Waals surface area contributed by atoms with Crippen molar-refractivity contribution in [2.45, 2.75) is 44.6 Å². The smallest absolute Gasteiger partial charge is 0.338 e. The van der Waals surface area contributed by atoms with Crippen molar-refractivity contribution >= 4 is 21.9 Å². The first-order chi connectivity index (χ1) is 14.8. The molecule has 0 bridgehead atoms. The Morgan fingerprint density at radius 1 is 1.00 bits per heavy atom. The SMILES string of the molecule is CCN(CC)S(=O)(=O)c1ccc(C(=O)OCC(=O)N[C@@H](C)CCc2ccccc2)cc1. The Kier molecular flexibility index (Phi) is 9.21. The molecule has 0 aliphatic rings. The van der Waals surface area contributed by atoms with Crippen LogP contribution in [0.15, 0.2) is 59.5 Å². The molecule has 0 radical (unpaired) electrons. The predicted octanol–water partition coefficient (Wildman–Crippen LogP) is 3.01. The topological polar surface area (TPSA) is 92.8 Å². The molecule has 0 unspecified atom stereocenters. The van der Waals surface area contributed by atoms with E-state index in [2.05, 4.69) is 5.32 Å². The standard InChI is InChI=1S/C23H30N2O5S/c1-4-25(5-2)31(28,29)21-15-13-20(14-16-21)23(27)30-17-22(26)24-18(3)11-12-19-9-7-6-8-10-19/h6-10,13-16,18H,4-5,11-12,17H2,1-3H3,(H,24,26)/t18-/m0/s1. The Hall–Kier alpha value is -2.71. The number of aryl methyl sites for hydroxylation is 1. The molecule has 7 nitrogen and oxygen atoms in total. The lowest BCUT2D eigenvalue weighted by Crippen LogP contribution is -2.36. The van der Waals surface area contributed by atoms with Gasteiger partial charge in [-0.25, -0.2) is 13.2 Å². The molecule has 0 fully saturated rings. The zero-order chi connectivity index (χ0) is 22.9. The minimum Gasteiger partial charge on any atom is -0.452 e. The molecule has 168 valence electrons. The second-order valence-electron chi connectivity index (χ2n) is 7.18. The molecule has 2 aromatic rings. The van der Waals surface area contributed by atoms with Gasteiger partial charge in [-0.2, -0.15) is 4.31 Å². The van der Waals surface area contributed by atoms with E-state index in [4.69, 9.17) is 4.74 Å². The lowest BCUT2D eigenvalue weighted by Gasteiger charge is -2.18. The van der Waals surface area contributed by atoms with Crippen molar-refractivity contribution in [2.24, 2.45) is 0 Å². The quantitative estimate of drug-likeness (QED) is 0.536. The summed E-state index contributed by atoms with van der Waals surface area (Å²) in [4.78, 5) is 24.4. The Morgan fingerprint density at radius 2 is 1.61 bits per heavy atom. The number of ether oxygens (including phenoxy) is 1. The second-order valence-corrected chi connectivity index (χ2v) is 9.12. The molecule has 0 spiro atoms. The van der Waals surface area contributed by atoms with E-state index in [9.17, 15) is 18.0 Å². The molecule has 0 saturated heterocycles. The number of nitrogens with zero attached hydrogens (tertiary/aromatic N) is 1. The highest BCUT2D eigenvalue weighted by Gasteiger charge is 2.22. The van der Waals surface area contributed by atoms with Crippen LogP contribution < -0.4 is 5.32 Å². The van der Waals surface area contributed by atoms with Crippen molar-refractivity contribution in [3.8, 4) is 0 Å². The maximum absolute atomic E-state index is 12.5. The van der Waals surface area contributed by atoms with Gasteiger partial charge in [-0.05, 0) is 49.6 Å². The summed E-state index contributed by atoms with van der Waals surface area (Å²) >= 11 is 0. The van der Waals surface area contributed by atoms with E-state index < -0.39 is 22.6 Å². The third kappa shape index (κ3) is 7.18. The van der Waals surface area contributed by atoms with Gasteiger partial charge in [0.15, 0.2) is 6.61 Å². The summed E-state index contributed by atoms with van der Waals surface area (Å²) in [5, 5.41) is 2.81. The summed E-state index contributed by atoms with van der Waals surface area (Å²) in [5.74, 6) is -1.06. The maximum atomic E-state index is 12.5. The first-order valence-electron chi connectivity index (χ1n) is 10.4. The average Bonchev–Trinajstić information content (AvgIpc) is 2.77. The van der Waals surface area contributed by atoms with Gasteiger partial charge in [-0.1, -0.05) is 44.2 Å². The highest BCUT2D eigenvalue weighted by Crippen LogP contribution is 2.16. The van der Waals surface area contributed by atoms with Crippen molar-refractivity contribution in [1.82, 2.24) is 9.62 Å². The summed E-state index contributed by atoms with van der Waals surface area (Å²) in [6.45, 7) is 5.76. The lowest BCUT2D eigenvalue weighted by molar-refractivity contribution is -0.124. The number of benzene rings is 2. The molecule has 1 amide bonds. The predicted molar refractivity (Wildman–Crippen MR) is 119 cm³/mol. The van der Waals surface area contributed by atoms with Gasteiger partial charge in [-0.15, -0.1) is 0 Å². The largest absolute Gasteiger partial charge is 0.452 e. The van der Waals surface area contributed by atoms with Gasteiger partial charge in [0.1, 0.15) is 0 Å². The number of hydrogen-bond acceptors (Lipinski definition) is 5. The second kappa shape index (κ2) is 11.6. The van der Waals surface area contributed by atoms with Crippen LogP contribution in [-0.4, -0.2) is 50.3 Å². The first kappa shape index (κ1) is 24.6. The summed E-state index contributed by atoms with van der Waals surface area (Å²) in [6.07, 6.45) is 1.61. The van der Waals surface area contributed by atoms with Crippen LogP contribution in [0.5, 0.6) is 0 Å². The van der Waals surface area contributed by atoms with Crippen molar-refractivity contribution in [2.75, 3.05) is 19.7 Å². The molecule has 0 aromatic heterocycles. The molecular formula is C23H30N2O5S. The zero-order valence-corrected chi connectivity index (χ0v) is 19.0. The van der Waals surface area contributed by atoms with Crippen molar-refractivity contribution < 1.29 is 22.7 Å². The minimum atomic E-state index is -3.59. The van der Waals surface area contributed by atoms with Crippen LogP contribution in [0.4, 0.5) is 0 Å². The van der Waals surface area contributed by atoms with Gasteiger partial charge in [0.25, 0.3) is 5.91 Å². The molecule has 2 rings (SSSR count). The molecule has 0 aliphatic carbocycles. The van der Waals surface area contributed by atoms with Gasteiger partial charge < -0.3 is 10.1 Å². The summed E-state index contributed by atoms with van der Waals surface area (Å²) in [5.41, 5.74) is 1.38. The van der Waals surface area contributed by atoms with Crippen molar-refractivity contribution in [1.29, 1.82) is 0 Å². The highest BCUT2D eigenvalue weighted by molar-refractivity contribution is 7.89. The molecule has 1 N–H and O–H groups in total. The Labute approximate surface area is 184 Å². The highest BCUT2D eigenvalue weighted by atomic mass is 32.2. The number of amides is 1. The third-order valence-electron chi connectivity index (χ3n) is 4.88. The van der Waals surface area contributed by atoms with Crippen LogP contribution >= 0.6 is 0 Å². The number of hydrogen-bond donors (Lipinski definition) is 1. The van der Waals surface area contributed by atoms with Gasteiger partial charge in [-0.3, -0.25) is 4.79 Å². The van der Waals surface area contributed by atoms with Gasteiger partial charge in [0, 0.05) is 19.1 Å². The summed E-state index contributed by atoms with van der Waals surface area (Å²) in [7, 11) is -3.59. The summed E-state index contributed by atoms with van der Waals surface area (Å²) in [6, 6.07) is 15.4. The fourth-order valence-electron chi connectivity index (χ4n) is 3.11.